The van der Waals surface area contributed by atoms with Gasteiger partial charge in [0.05, 0.1) is 23.7 Å². The zero-order chi connectivity index (χ0) is 12.4. The van der Waals surface area contributed by atoms with E-state index < -0.39 is 11.8 Å². The Morgan fingerprint density at radius 1 is 1.53 bits per heavy atom. The van der Waals surface area contributed by atoms with E-state index in [1.165, 1.54) is 6.07 Å². The van der Waals surface area contributed by atoms with Crippen molar-refractivity contribution >= 4 is 17.6 Å². The second-order valence-corrected chi connectivity index (χ2v) is 4.56. The summed E-state index contributed by atoms with van der Waals surface area (Å²) in [5.74, 6) is -1.58. The molecule has 0 radical (unpaired) electrons. The summed E-state index contributed by atoms with van der Waals surface area (Å²) >= 11 is 5.63. The summed E-state index contributed by atoms with van der Waals surface area (Å²) in [6, 6.07) is 4.74. The molecule has 5 heteroatoms. The van der Waals surface area contributed by atoms with Crippen LogP contribution in [-0.2, 0) is 16.1 Å². The van der Waals surface area contributed by atoms with E-state index in [0.29, 0.717) is 18.4 Å². The van der Waals surface area contributed by atoms with Gasteiger partial charge in [-0.3, -0.25) is 4.79 Å². The summed E-state index contributed by atoms with van der Waals surface area (Å²) in [6.07, 6.45) is 0.907. The molecule has 0 saturated heterocycles. The molecule has 0 amide bonds. The zero-order valence-corrected chi connectivity index (χ0v) is 9.78. The Morgan fingerprint density at radius 2 is 2.24 bits per heavy atom. The molecule has 0 atom stereocenters. The lowest BCUT2D eigenvalue weighted by atomic mass is 9.82. The van der Waals surface area contributed by atoms with E-state index in [4.69, 9.17) is 21.4 Å². The van der Waals surface area contributed by atoms with Crippen LogP contribution in [0.25, 0.3) is 0 Å². The first-order valence-corrected chi connectivity index (χ1v) is 5.73. The van der Waals surface area contributed by atoms with Gasteiger partial charge in [-0.2, -0.15) is 0 Å². The monoisotopic (exact) mass is 258 g/mol. The number of hydrogen-bond donors (Lipinski definition) is 1. The summed E-state index contributed by atoms with van der Waals surface area (Å²) < 4.78 is 18.9. The zero-order valence-electron chi connectivity index (χ0n) is 9.03. The molecule has 0 unspecified atom stereocenters. The second-order valence-electron chi connectivity index (χ2n) is 4.15. The molecule has 0 spiro atoms. The van der Waals surface area contributed by atoms with E-state index in [0.717, 1.165) is 0 Å². The summed E-state index contributed by atoms with van der Waals surface area (Å²) in [5, 5.41) is 8.76. The van der Waals surface area contributed by atoms with Gasteiger partial charge in [0.15, 0.2) is 0 Å². The van der Waals surface area contributed by atoms with Crippen molar-refractivity contribution in [2.24, 2.45) is 5.92 Å². The smallest absolute Gasteiger partial charge is 0.306 e. The van der Waals surface area contributed by atoms with E-state index in [1.807, 2.05) is 0 Å². The molecule has 1 aromatic rings. The number of ether oxygens (including phenoxy) is 1. The number of benzene rings is 1. The summed E-state index contributed by atoms with van der Waals surface area (Å²) in [4.78, 5) is 10.6. The Morgan fingerprint density at radius 3 is 2.88 bits per heavy atom. The van der Waals surface area contributed by atoms with E-state index >= 15 is 0 Å². The third-order valence-electron chi connectivity index (χ3n) is 2.95. The number of hydrogen-bond acceptors (Lipinski definition) is 2. The number of aliphatic carboxylic acids is 1. The van der Waals surface area contributed by atoms with Gasteiger partial charge in [0.25, 0.3) is 0 Å². The molecule has 1 N–H and O–H groups in total. The Bertz CT molecular complexity index is 430. The van der Waals surface area contributed by atoms with E-state index in [9.17, 15) is 9.18 Å². The van der Waals surface area contributed by atoms with Gasteiger partial charge in [0.1, 0.15) is 5.82 Å². The predicted octanol–water partition coefficient (Wildman–Crippen LogP) is 2.86. The third-order valence-corrected chi connectivity index (χ3v) is 3.24. The highest BCUT2D eigenvalue weighted by Crippen LogP contribution is 2.31. The highest BCUT2D eigenvalue weighted by Gasteiger charge is 2.35. The molecular formula is C12H12ClFO3. The van der Waals surface area contributed by atoms with Gasteiger partial charge in [-0.1, -0.05) is 23.7 Å². The Balaban J connectivity index is 1.84. The fraction of sp³-hybridized carbons (Fsp3) is 0.417. The molecule has 0 aliphatic heterocycles. The molecule has 0 bridgehead atoms. The summed E-state index contributed by atoms with van der Waals surface area (Å²) in [5.41, 5.74) is 0.399. The molecule has 3 nitrogen and oxygen atoms in total. The van der Waals surface area contributed by atoms with Crippen LogP contribution in [0.4, 0.5) is 4.39 Å². The van der Waals surface area contributed by atoms with Crippen molar-refractivity contribution in [3.63, 3.8) is 0 Å². The second kappa shape index (κ2) is 5.02. The fourth-order valence-electron chi connectivity index (χ4n) is 1.77. The Labute approximate surface area is 103 Å². The van der Waals surface area contributed by atoms with Crippen LogP contribution in [0.2, 0.25) is 5.02 Å². The number of carboxylic acid groups (broad SMARTS) is 1. The molecule has 0 aromatic heterocycles. The molecular weight excluding hydrogens is 247 g/mol. The number of rotatable bonds is 4. The lowest BCUT2D eigenvalue weighted by molar-refractivity contribution is -0.151. The van der Waals surface area contributed by atoms with Crippen LogP contribution in [0, 0.1) is 11.7 Å². The van der Waals surface area contributed by atoms with Crippen LogP contribution in [0.15, 0.2) is 18.2 Å². The van der Waals surface area contributed by atoms with Crippen LogP contribution in [-0.4, -0.2) is 17.2 Å². The minimum Gasteiger partial charge on any atom is -0.481 e. The van der Waals surface area contributed by atoms with Crippen LogP contribution in [0.1, 0.15) is 18.4 Å². The van der Waals surface area contributed by atoms with Crippen molar-refractivity contribution < 1.29 is 19.0 Å². The SMILES string of the molecule is O=C(O)[C@H]1C[C@H](OCc2cccc(Cl)c2F)C1. The average Bonchev–Trinajstić information content (AvgIpc) is 2.21. The van der Waals surface area contributed by atoms with Gasteiger partial charge in [-0.15, -0.1) is 0 Å². The number of carbonyl (C=O) groups is 1. The highest BCUT2D eigenvalue weighted by atomic mass is 35.5. The standard InChI is InChI=1S/C12H12ClFO3/c13-10-3-1-2-7(11(10)14)6-17-9-4-8(5-9)12(15)16/h1-3,8-9H,4-6H2,(H,15,16)/t8-,9-. The molecule has 1 aromatic carbocycles. The van der Waals surface area contributed by atoms with Crippen molar-refractivity contribution in [1.29, 1.82) is 0 Å². The maximum atomic E-state index is 13.5. The van der Waals surface area contributed by atoms with Gasteiger partial charge < -0.3 is 9.84 Å². The van der Waals surface area contributed by atoms with Gasteiger partial charge in [-0.05, 0) is 18.9 Å². The van der Waals surface area contributed by atoms with Crippen LogP contribution in [0.5, 0.6) is 0 Å². The van der Waals surface area contributed by atoms with Crippen LogP contribution < -0.4 is 0 Å². The minimum atomic E-state index is -0.793. The quantitative estimate of drug-likeness (QED) is 0.903. The predicted molar refractivity (Wildman–Crippen MR) is 60.3 cm³/mol. The van der Waals surface area contributed by atoms with Crippen LogP contribution >= 0.6 is 11.6 Å². The fourth-order valence-corrected chi connectivity index (χ4v) is 1.97. The van der Waals surface area contributed by atoms with Gasteiger partial charge in [0, 0.05) is 5.56 Å². The maximum absolute atomic E-state index is 13.5. The lowest BCUT2D eigenvalue weighted by Gasteiger charge is -2.32. The molecule has 0 heterocycles. The maximum Gasteiger partial charge on any atom is 0.306 e. The summed E-state index contributed by atoms with van der Waals surface area (Å²) in [6.45, 7) is 0.128. The van der Waals surface area contributed by atoms with E-state index in [1.54, 1.807) is 12.1 Å². The van der Waals surface area contributed by atoms with Crippen molar-refractivity contribution in [2.75, 3.05) is 0 Å². The molecule has 1 aliphatic carbocycles. The molecule has 17 heavy (non-hydrogen) atoms. The highest BCUT2D eigenvalue weighted by molar-refractivity contribution is 6.30. The van der Waals surface area contributed by atoms with E-state index in [-0.39, 0.29) is 23.7 Å². The van der Waals surface area contributed by atoms with Gasteiger partial charge in [-0.25, -0.2) is 4.39 Å². The van der Waals surface area contributed by atoms with Crippen LogP contribution in [0.3, 0.4) is 0 Å². The van der Waals surface area contributed by atoms with Crippen molar-refractivity contribution in [1.82, 2.24) is 0 Å². The Hall–Kier alpha value is -1.13. The normalized spacial score (nSPS) is 23.2. The molecule has 92 valence electrons. The first-order valence-electron chi connectivity index (χ1n) is 5.35. The van der Waals surface area contributed by atoms with Crippen molar-refractivity contribution in [2.45, 2.75) is 25.6 Å². The molecule has 1 fully saturated rings. The molecule has 1 saturated carbocycles. The topological polar surface area (TPSA) is 46.5 Å². The van der Waals surface area contributed by atoms with E-state index in [2.05, 4.69) is 0 Å². The molecule has 2 rings (SSSR count). The minimum absolute atomic E-state index is 0.0723. The largest absolute Gasteiger partial charge is 0.481 e. The summed E-state index contributed by atoms with van der Waals surface area (Å²) in [7, 11) is 0. The Kier molecular flexibility index (Phi) is 3.64. The first kappa shape index (κ1) is 12.3. The number of carboxylic acids is 1. The third kappa shape index (κ3) is 2.76. The average molecular weight is 259 g/mol. The first-order chi connectivity index (χ1) is 8.08. The lowest BCUT2D eigenvalue weighted by Crippen LogP contribution is -2.36. The van der Waals surface area contributed by atoms with Gasteiger partial charge >= 0.3 is 5.97 Å². The van der Waals surface area contributed by atoms with Crippen molar-refractivity contribution in [3.05, 3.63) is 34.6 Å². The molecule has 1 aliphatic rings. The van der Waals surface area contributed by atoms with Gasteiger partial charge in [0.2, 0.25) is 0 Å². The van der Waals surface area contributed by atoms with Crippen molar-refractivity contribution in [3.8, 4) is 0 Å². The number of halogens is 2.